The van der Waals surface area contributed by atoms with Crippen LogP contribution in [0.15, 0.2) is 54.7 Å². The summed E-state index contributed by atoms with van der Waals surface area (Å²) in [5.74, 6) is 0.796. The molecule has 4 nitrogen and oxygen atoms in total. The number of hydrogen-bond acceptors (Lipinski definition) is 2. The molecule has 0 bridgehead atoms. The van der Waals surface area contributed by atoms with Crippen LogP contribution in [0.25, 0.3) is 6.08 Å². The van der Waals surface area contributed by atoms with Crippen LogP contribution in [0.1, 0.15) is 11.1 Å². The molecule has 114 valence electrons. The summed E-state index contributed by atoms with van der Waals surface area (Å²) in [6.07, 6.45) is 3.40. The standard InChI is InChI=1S/C17H17ClN2O2/c1-22-16-7-5-13(6-8-16)9-10-19-17(21)20-12-14-3-2-4-15(18)11-14/h2-11H,12H2,1H3,(H2,19,20,21)/b10-9+. The SMILES string of the molecule is COc1ccc(/C=C/NC(=O)NCc2cccc(Cl)c2)cc1. The first-order valence-corrected chi connectivity index (χ1v) is 7.14. The quantitative estimate of drug-likeness (QED) is 0.881. The van der Waals surface area contributed by atoms with Gasteiger partial charge in [0.1, 0.15) is 5.75 Å². The minimum absolute atomic E-state index is 0.273. The third-order valence-electron chi connectivity index (χ3n) is 2.95. The van der Waals surface area contributed by atoms with Gasteiger partial charge in [0.05, 0.1) is 7.11 Å². The summed E-state index contributed by atoms with van der Waals surface area (Å²) in [6.45, 7) is 0.419. The maximum Gasteiger partial charge on any atom is 0.319 e. The number of rotatable bonds is 5. The van der Waals surface area contributed by atoms with Gasteiger partial charge < -0.3 is 15.4 Å². The maximum absolute atomic E-state index is 11.7. The van der Waals surface area contributed by atoms with E-state index in [9.17, 15) is 4.79 Å². The van der Waals surface area contributed by atoms with Gasteiger partial charge >= 0.3 is 6.03 Å². The van der Waals surface area contributed by atoms with E-state index >= 15 is 0 Å². The van der Waals surface area contributed by atoms with Gasteiger partial charge in [-0.1, -0.05) is 35.9 Å². The Hall–Kier alpha value is -2.46. The number of amides is 2. The summed E-state index contributed by atoms with van der Waals surface area (Å²) in [6, 6.07) is 14.6. The topological polar surface area (TPSA) is 50.4 Å². The number of halogens is 1. The van der Waals surface area contributed by atoms with Crippen molar-refractivity contribution in [2.24, 2.45) is 0 Å². The molecule has 2 amide bonds. The first-order valence-electron chi connectivity index (χ1n) is 6.77. The summed E-state index contributed by atoms with van der Waals surface area (Å²) < 4.78 is 5.08. The summed E-state index contributed by atoms with van der Waals surface area (Å²) in [5.41, 5.74) is 1.91. The van der Waals surface area contributed by atoms with Crippen LogP contribution in [0.5, 0.6) is 5.75 Å². The summed E-state index contributed by atoms with van der Waals surface area (Å²) >= 11 is 5.88. The summed E-state index contributed by atoms with van der Waals surface area (Å²) in [4.78, 5) is 11.7. The molecule has 0 saturated heterocycles. The van der Waals surface area contributed by atoms with Crippen molar-refractivity contribution in [3.8, 4) is 5.75 Å². The fraction of sp³-hybridized carbons (Fsp3) is 0.118. The normalized spacial score (nSPS) is 10.5. The molecule has 0 aromatic heterocycles. The molecule has 0 radical (unpaired) electrons. The molecule has 2 aromatic carbocycles. The van der Waals surface area contributed by atoms with Crippen molar-refractivity contribution in [1.29, 1.82) is 0 Å². The fourth-order valence-electron chi connectivity index (χ4n) is 1.81. The average Bonchev–Trinajstić information content (AvgIpc) is 2.54. The van der Waals surface area contributed by atoms with Gasteiger partial charge in [-0.2, -0.15) is 0 Å². The number of carbonyl (C=O) groups is 1. The lowest BCUT2D eigenvalue weighted by Crippen LogP contribution is -2.31. The Morgan fingerprint density at radius 3 is 2.68 bits per heavy atom. The lowest BCUT2D eigenvalue weighted by Gasteiger charge is -2.05. The van der Waals surface area contributed by atoms with Crippen LogP contribution in [0.2, 0.25) is 5.02 Å². The molecule has 0 aliphatic rings. The van der Waals surface area contributed by atoms with Gasteiger partial charge in [-0.25, -0.2) is 4.79 Å². The van der Waals surface area contributed by atoms with E-state index in [-0.39, 0.29) is 6.03 Å². The van der Waals surface area contributed by atoms with E-state index in [4.69, 9.17) is 16.3 Å². The molecule has 0 spiro atoms. The average molecular weight is 317 g/mol. The molecular weight excluding hydrogens is 300 g/mol. The van der Waals surface area contributed by atoms with E-state index in [1.165, 1.54) is 0 Å². The monoisotopic (exact) mass is 316 g/mol. The molecular formula is C17H17ClN2O2. The highest BCUT2D eigenvalue weighted by Crippen LogP contribution is 2.12. The van der Waals surface area contributed by atoms with E-state index in [1.54, 1.807) is 25.5 Å². The first-order chi connectivity index (χ1) is 10.7. The van der Waals surface area contributed by atoms with Gasteiger partial charge in [0.25, 0.3) is 0 Å². The Balaban J connectivity index is 1.78. The van der Waals surface area contributed by atoms with Crippen LogP contribution < -0.4 is 15.4 Å². The largest absolute Gasteiger partial charge is 0.497 e. The van der Waals surface area contributed by atoms with Gasteiger partial charge in [-0.15, -0.1) is 0 Å². The Morgan fingerprint density at radius 1 is 1.23 bits per heavy atom. The number of carbonyl (C=O) groups excluding carboxylic acids is 1. The molecule has 0 unspecified atom stereocenters. The van der Waals surface area contributed by atoms with Gasteiger partial charge in [-0.3, -0.25) is 0 Å². The predicted octanol–water partition coefficient (Wildman–Crippen LogP) is 3.82. The molecule has 0 heterocycles. The van der Waals surface area contributed by atoms with Crippen LogP contribution >= 0.6 is 11.6 Å². The van der Waals surface area contributed by atoms with E-state index < -0.39 is 0 Å². The lowest BCUT2D eigenvalue weighted by atomic mass is 10.2. The number of methoxy groups -OCH3 is 1. The van der Waals surface area contributed by atoms with Gasteiger partial charge in [0.2, 0.25) is 0 Å². The molecule has 2 rings (SSSR count). The van der Waals surface area contributed by atoms with Crippen molar-refractivity contribution in [1.82, 2.24) is 10.6 Å². The third-order valence-corrected chi connectivity index (χ3v) is 3.18. The van der Waals surface area contributed by atoms with Gasteiger partial charge in [0, 0.05) is 17.8 Å². The van der Waals surface area contributed by atoms with Crippen molar-refractivity contribution >= 4 is 23.7 Å². The zero-order valence-electron chi connectivity index (χ0n) is 12.2. The van der Waals surface area contributed by atoms with Gasteiger partial charge in [-0.05, 0) is 41.5 Å². The van der Waals surface area contributed by atoms with Crippen molar-refractivity contribution in [2.45, 2.75) is 6.54 Å². The van der Waals surface area contributed by atoms with Crippen molar-refractivity contribution in [3.63, 3.8) is 0 Å². The summed E-state index contributed by atoms with van der Waals surface area (Å²) in [7, 11) is 1.62. The molecule has 2 aromatic rings. The number of ether oxygens (including phenoxy) is 1. The second-order valence-electron chi connectivity index (χ2n) is 4.56. The van der Waals surface area contributed by atoms with Crippen molar-refractivity contribution in [2.75, 3.05) is 7.11 Å². The van der Waals surface area contributed by atoms with E-state index in [1.807, 2.05) is 42.5 Å². The van der Waals surface area contributed by atoms with E-state index in [2.05, 4.69) is 10.6 Å². The molecule has 0 fully saturated rings. The number of benzene rings is 2. The zero-order valence-corrected chi connectivity index (χ0v) is 12.9. The van der Waals surface area contributed by atoms with Crippen LogP contribution in [0.3, 0.4) is 0 Å². The highest BCUT2D eigenvalue weighted by atomic mass is 35.5. The molecule has 0 aliphatic carbocycles. The third kappa shape index (κ3) is 5.14. The van der Waals surface area contributed by atoms with Gasteiger partial charge in [0.15, 0.2) is 0 Å². The van der Waals surface area contributed by atoms with E-state index in [0.717, 1.165) is 16.9 Å². The van der Waals surface area contributed by atoms with Crippen LogP contribution in [0, 0.1) is 0 Å². The number of urea groups is 1. The molecule has 22 heavy (non-hydrogen) atoms. The molecule has 5 heteroatoms. The fourth-order valence-corrected chi connectivity index (χ4v) is 2.02. The Kier molecular flexibility index (Phi) is 5.86. The second kappa shape index (κ2) is 8.10. The maximum atomic E-state index is 11.7. The first kappa shape index (κ1) is 15.9. The Morgan fingerprint density at radius 2 is 2.00 bits per heavy atom. The Labute approximate surface area is 134 Å². The van der Waals surface area contributed by atoms with Crippen LogP contribution in [-0.2, 0) is 6.54 Å². The highest BCUT2D eigenvalue weighted by molar-refractivity contribution is 6.30. The van der Waals surface area contributed by atoms with Crippen LogP contribution in [0.4, 0.5) is 4.79 Å². The number of nitrogens with one attached hydrogen (secondary N) is 2. The Bertz CT molecular complexity index is 654. The van der Waals surface area contributed by atoms with Crippen molar-refractivity contribution < 1.29 is 9.53 Å². The second-order valence-corrected chi connectivity index (χ2v) is 5.00. The number of hydrogen-bond donors (Lipinski definition) is 2. The molecule has 0 saturated carbocycles. The zero-order chi connectivity index (χ0) is 15.8. The molecule has 0 atom stereocenters. The minimum Gasteiger partial charge on any atom is -0.497 e. The molecule has 0 aliphatic heterocycles. The highest BCUT2D eigenvalue weighted by Gasteiger charge is 1.98. The smallest absolute Gasteiger partial charge is 0.319 e. The van der Waals surface area contributed by atoms with E-state index in [0.29, 0.717) is 11.6 Å². The molecule has 2 N–H and O–H groups in total. The predicted molar refractivity (Wildman–Crippen MR) is 88.9 cm³/mol. The summed E-state index contributed by atoms with van der Waals surface area (Å²) in [5, 5.41) is 6.05. The van der Waals surface area contributed by atoms with Crippen molar-refractivity contribution in [3.05, 3.63) is 70.9 Å². The van der Waals surface area contributed by atoms with Crippen LogP contribution in [-0.4, -0.2) is 13.1 Å². The lowest BCUT2D eigenvalue weighted by molar-refractivity contribution is 0.244. The minimum atomic E-state index is -0.273.